The molecule has 0 radical (unpaired) electrons. The van der Waals surface area contributed by atoms with Gasteiger partial charge in [-0.15, -0.1) is 0 Å². The summed E-state index contributed by atoms with van der Waals surface area (Å²) in [5, 5.41) is 16.2. The Morgan fingerprint density at radius 1 is 1.36 bits per heavy atom. The van der Waals surface area contributed by atoms with Crippen molar-refractivity contribution in [1.82, 2.24) is 15.1 Å². The Bertz CT molecular complexity index is 573. The molecule has 2 fully saturated rings. The van der Waals surface area contributed by atoms with Gasteiger partial charge in [-0.05, 0) is 38.5 Å². The van der Waals surface area contributed by atoms with Crippen LogP contribution in [-0.2, 0) is 9.53 Å². The molecule has 7 nitrogen and oxygen atoms in total. The van der Waals surface area contributed by atoms with Crippen LogP contribution in [-0.4, -0.2) is 46.0 Å². The van der Waals surface area contributed by atoms with Crippen molar-refractivity contribution < 1.29 is 19.4 Å². The summed E-state index contributed by atoms with van der Waals surface area (Å²) in [7, 11) is 0. The molecule has 1 saturated heterocycles. The quantitative estimate of drug-likeness (QED) is 0.850. The van der Waals surface area contributed by atoms with Crippen molar-refractivity contribution in [2.24, 2.45) is 5.92 Å². The van der Waals surface area contributed by atoms with Crippen molar-refractivity contribution in [2.45, 2.75) is 44.7 Å². The van der Waals surface area contributed by atoms with Crippen LogP contribution in [0, 0.1) is 12.8 Å². The second-order valence-corrected chi connectivity index (χ2v) is 6.06. The van der Waals surface area contributed by atoms with Crippen molar-refractivity contribution in [3.63, 3.8) is 0 Å². The maximum atomic E-state index is 12.4. The number of ether oxygens (including phenoxy) is 1. The lowest BCUT2D eigenvalue weighted by Gasteiger charge is -2.23. The third kappa shape index (κ3) is 2.99. The van der Waals surface area contributed by atoms with E-state index in [2.05, 4.69) is 10.4 Å². The zero-order valence-electron chi connectivity index (χ0n) is 12.6. The minimum atomic E-state index is -0.967. The summed E-state index contributed by atoms with van der Waals surface area (Å²) in [6.45, 7) is 3.26. The topological polar surface area (TPSA) is 93.5 Å². The molecule has 1 amide bonds. The van der Waals surface area contributed by atoms with Crippen LogP contribution in [0.3, 0.4) is 0 Å². The lowest BCUT2D eigenvalue weighted by molar-refractivity contribution is -0.139. The fraction of sp³-hybridized carbons (Fsp3) is 0.667. The van der Waals surface area contributed by atoms with Gasteiger partial charge in [-0.25, -0.2) is 4.79 Å². The number of aromatic nitrogens is 2. The number of hydrogen-bond donors (Lipinski definition) is 2. The molecule has 1 aliphatic carbocycles. The van der Waals surface area contributed by atoms with Gasteiger partial charge in [0.05, 0.1) is 17.8 Å². The monoisotopic (exact) mass is 307 g/mol. The summed E-state index contributed by atoms with van der Waals surface area (Å²) < 4.78 is 7.21. The van der Waals surface area contributed by atoms with E-state index in [1.165, 1.54) is 6.20 Å². The minimum absolute atomic E-state index is 0.0623. The van der Waals surface area contributed by atoms with Crippen molar-refractivity contribution in [3.05, 3.63) is 17.5 Å². The van der Waals surface area contributed by atoms with E-state index in [4.69, 9.17) is 4.74 Å². The molecule has 0 spiro atoms. The maximum Gasteiger partial charge on any atom is 0.326 e. The summed E-state index contributed by atoms with van der Waals surface area (Å²) in [4.78, 5) is 23.6. The highest BCUT2D eigenvalue weighted by Crippen LogP contribution is 2.33. The molecule has 3 rings (SSSR count). The number of carbonyl (C=O) groups excluding carboxylic acids is 1. The number of nitrogens with one attached hydrogen (secondary N) is 1. The maximum absolute atomic E-state index is 12.4. The van der Waals surface area contributed by atoms with Crippen LogP contribution in [0.2, 0.25) is 0 Å². The molecule has 0 bridgehead atoms. The van der Waals surface area contributed by atoms with Gasteiger partial charge in [0.15, 0.2) is 0 Å². The van der Waals surface area contributed by atoms with E-state index in [-0.39, 0.29) is 17.9 Å². The molecule has 7 heteroatoms. The van der Waals surface area contributed by atoms with Gasteiger partial charge >= 0.3 is 5.97 Å². The van der Waals surface area contributed by atoms with E-state index in [0.717, 1.165) is 31.4 Å². The largest absolute Gasteiger partial charge is 0.480 e. The van der Waals surface area contributed by atoms with Gasteiger partial charge < -0.3 is 15.2 Å². The van der Waals surface area contributed by atoms with Crippen LogP contribution in [0.4, 0.5) is 0 Å². The first-order chi connectivity index (χ1) is 10.6. The second-order valence-electron chi connectivity index (χ2n) is 6.06. The number of rotatable bonds is 5. The zero-order chi connectivity index (χ0) is 15.7. The Labute approximate surface area is 128 Å². The lowest BCUT2D eigenvalue weighted by Crippen LogP contribution is -2.42. The standard InChI is InChI=1S/C15H21N3O4/c1-9-12(8-16-18(9)11-4-6-22-7-5-11)14(19)17-13(15(20)21)10-2-3-10/h8,10-11,13H,2-7H2,1H3,(H,17,19)(H,20,21). The van der Waals surface area contributed by atoms with Gasteiger partial charge in [-0.3, -0.25) is 9.48 Å². The molecular formula is C15H21N3O4. The van der Waals surface area contributed by atoms with Crippen LogP contribution in [0.5, 0.6) is 0 Å². The number of aliphatic carboxylic acids is 1. The summed E-state index contributed by atoms with van der Waals surface area (Å²) in [6.07, 6.45) is 5.01. The molecule has 1 aromatic heterocycles. The number of carboxylic acid groups (broad SMARTS) is 1. The van der Waals surface area contributed by atoms with Gasteiger partial charge in [-0.1, -0.05) is 0 Å². The van der Waals surface area contributed by atoms with E-state index in [0.29, 0.717) is 18.8 Å². The fourth-order valence-corrected chi connectivity index (χ4v) is 2.97. The molecule has 1 atom stereocenters. The van der Waals surface area contributed by atoms with Gasteiger partial charge in [0.1, 0.15) is 6.04 Å². The Morgan fingerprint density at radius 3 is 2.64 bits per heavy atom. The van der Waals surface area contributed by atoms with Crippen LogP contribution in [0.15, 0.2) is 6.20 Å². The molecule has 1 saturated carbocycles. The number of carbonyl (C=O) groups is 2. The van der Waals surface area contributed by atoms with Crippen molar-refractivity contribution in [3.8, 4) is 0 Å². The molecule has 1 aromatic rings. The SMILES string of the molecule is Cc1c(C(=O)NC(C(=O)O)C2CC2)cnn1C1CCOCC1. The third-order valence-electron chi connectivity index (χ3n) is 4.47. The predicted octanol–water partition coefficient (Wildman–Crippen LogP) is 1.14. The van der Waals surface area contributed by atoms with Crippen LogP contribution < -0.4 is 5.32 Å². The summed E-state index contributed by atoms with van der Waals surface area (Å²) in [5.41, 5.74) is 1.24. The van der Waals surface area contributed by atoms with Gasteiger partial charge in [-0.2, -0.15) is 5.10 Å². The minimum Gasteiger partial charge on any atom is -0.480 e. The summed E-state index contributed by atoms with van der Waals surface area (Å²) in [5.74, 6) is -1.26. The highest BCUT2D eigenvalue weighted by atomic mass is 16.5. The summed E-state index contributed by atoms with van der Waals surface area (Å²) >= 11 is 0. The van der Waals surface area contributed by atoms with Gasteiger partial charge in [0, 0.05) is 18.9 Å². The smallest absolute Gasteiger partial charge is 0.326 e. The number of carboxylic acids is 1. The van der Waals surface area contributed by atoms with E-state index in [9.17, 15) is 14.7 Å². The molecule has 1 unspecified atom stereocenters. The Hall–Kier alpha value is -1.89. The fourth-order valence-electron chi connectivity index (χ4n) is 2.97. The predicted molar refractivity (Wildman–Crippen MR) is 77.7 cm³/mol. The summed E-state index contributed by atoms with van der Waals surface area (Å²) in [6, 6.07) is -0.549. The first-order valence-corrected chi connectivity index (χ1v) is 7.73. The molecule has 22 heavy (non-hydrogen) atoms. The van der Waals surface area contributed by atoms with Crippen molar-refractivity contribution in [2.75, 3.05) is 13.2 Å². The zero-order valence-corrected chi connectivity index (χ0v) is 12.6. The molecule has 0 aromatic carbocycles. The van der Waals surface area contributed by atoms with E-state index < -0.39 is 12.0 Å². The molecular weight excluding hydrogens is 286 g/mol. The van der Waals surface area contributed by atoms with Crippen molar-refractivity contribution >= 4 is 11.9 Å². The van der Waals surface area contributed by atoms with Gasteiger partial charge in [0.25, 0.3) is 5.91 Å². The van der Waals surface area contributed by atoms with E-state index >= 15 is 0 Å². The number of hydrogen-bond acceptors (Lipinski definition) is 4. The average molecular weight is 307 g/mol. The first kappa shape index (κ1) is 15.0. The Morgan fingerprint density at radius 2 is 2.05 bits per heavy atom. The van der Waals surface area contributed by atoms with Gasteiger partial charge in [0.2, 0.25) is 0 Å². The third-order valence-corrected chi connectivity index (χ3v) is 4.47. The first-order valence-electron chi connectivity index (χ1n) is 7.73. The van der Waals surface area contributed by atoms with Crippen LogP contribution >= 0.6 is 0 Å². The highest BCUT2D eigenvalue weighted by Gasteiger charge is 2.37. The van der Waals surface area contributed by atoms with Crippen LogP contribution in [0.25, 0.3) is 0 Å². The molecule has 2 N–H and O–H groups in total. The Kier molecular flexibility index (Phi) is 4.15. The Balaban J connectivity index is 1.72. The van der Waals surface area contributed by atoms with E-state index in [1.807, 2.05) is 11.6 Å². The number of amides is 1. The molecule has 1 aliphatic heterocycles. The molecule has 120 valence electrons. The lowest BCUT2D eigenvalue weighted by atomic mass is 10.1. The molecule has 2 heterocycles. The highest BCUT2D eigenvalue weighted by molar-refractivity contribution is 5.97. The average Bonchev–Trinajstić information content (AvgIpc) is 3.27. The normalized spacial score (nSPS) is 20.6. The van der Waals surface area contributed by atoms with E-state index in [1.54, 1.807) is 0 Å². The van der Waals surface area contributed by atoms with Crippen molar-refractivity contribution in [1.29, 1.82) is 0 Å². The second kappa shape index (κ2) is 6.08. The number of nitrogens with zero attached hydrogens (tertiary/aromatic N) is 2. The molecule has 2 aliphatic rings. The van der Waals surface area contributed by atoms with Crippen LogP contribution in [0.1, 0.15) is 47.8 Å².